The molecule has 0 aromatic carbocycles. The third-order valence-corrected chi connectivity index (χ3v) is 7.81. The highest BCUT2D eigenvalue weighted by Gasteiger charge is 2.39. The number of likely N-dealkylation sites (tertiary alicyclic amines) is 1. The molecule has 2 aromatic rings. The number of amides is 1. The maximum atomic E-state index is 14.3. The number of hydrogen-bond donors (Lipinski definition) is 4. The van der Waals surface area contributed by atoms with Crippen LogP contribution >= 0.6 is 11.3 Å². The Morgan fingerprint density at radius 1 is 1.24 bits per heavy atom. The van der Waals surface area contributed by atoms with Crippen LogP contribution in [0.25, 0.3) is 10.4 Å². The first-order valence-corrected chi connectivity index (χ1v) is 13.3. The molecule has 4 atom stereocenters. The number of pyridine rings is 1. The number of hydrogen-bond acceptors (Lipinski definition) is 8. The molecule has 4 rings (SSSR count). The van der Waals surface area contributed by atoms with E-state index in [0.717, 1.165) is 36.4 Å². The highest BCUT2D eigenvalue weighted by molar-refractivity contribution is 7.17. The first-order valence-electron chi connectivity index (χ1n) is 12.5. The summed E-state index contributed by atoms with van der Waals surface area (Å²) in [7, 11) is 0. The largest absolute Gasteiger partial charge is 0.417 e. The molecule has 204 valence electrons. The number of halogens is 3. The van der Waals surface area contributed by atoms with Gasteiger partial charge in [-0.2, -0.15) is 13.2 Å². The fraction of sp³-hybridized carbons (Fsp3) is 0.640. The van der Waals surface area contributed by atoms with E-state index in [1.807, 2.05) is 27.7 Å². The molecular weight excluding hydrogens is 507 g/mol. The zero-order chi connectivity index (χ0) is 27.1. The van der Waals surface area contributed by atoms with E-state index in [9.17, 15) is 28.2 Å². The quantitative estimate of drug-likeness (QED) is 0.425. The molecule has 0 radical (unpaired) electrons. The molecule has 37 heavy (non-hydrogen) atoms. The lowest BCUT2D eigenvalue weighted by molar-refractivity contribution is -0.137. The average Bonchev–Trinajstić information content (AvgIpc) is 3.51. The maximum absolute atomic E-state index is 14.3. The van der Waals surface area contributed by atoms with E-state index in [4.69, 9.17) is 0 Å². The van der Waals surface area contributed by atoms with Gasteiger partial charge in [-0.1, -0.05) is 0 Å². The van der Waals surface area contributed by atoms with Gasteiger partial charge in [0.1, 0.15) is 11.5 Å². The Morgan fingerprint density at radius 2 is 1.97 bits per heavy atom. The normalized spacial score (nSPS) is 23.9. The molecule has 2 aromatic heterocycles. The number of nitrogens with zero attached hydrogens (tertiary/aromatic N) is 3. The van der Waals surface area contributed by atoms with E-state index in [1.165, 1.54) is 0 Å². The van der Waals surface area contributed by atoms with Crippen molar-refractivity contribution in [2.24, 2.45) is 0 Å². The molecule has 0 bridgehead atoms. The minimum absolute atomic E-state index is 0.0131. The van der Waals surface area contributed by atoms with Crippen LogP contribution in [0.15, 0.2) is 12.3 Å². The van der Waals surface area contributed by atoms with Crippen LogP contribution in [0, 0.1) is 0 Å². The first kappa shape index (κ1) is 27.7. The van der Waals surface area contributed by atoms with Gasteiger partial charge in [0.15, 0.2) is 11.2 Å². The van der Waals surface area contributed by atoms with Crippen LogP contribution in [-0.4, -0.2) is 61.3 Å². The topological polar surface area (TPSA) is 111 Å². The van der Waals surface area contributed by atoms with Crippen LogP contribution in [-0.2, 0) is 6.18 Å². The fourth-order valence-corrected chi connectivity index (χ4v) is 5.95. The third kappa shape index (κ3) is 6.42. The predicted molar refractivity (Wildman–Crippen MR) is 135 cm³/mol. The molecule has 1 saturated carbocycles. The summed E-state index contributed by atoms with van der Waals surface area (Å²) in [6, 6.07) is 0.728. The second-order valence-electron chi connectivity index (χ2n) is 11.0. The molecule has 4 N–H and O–H groups in total. The monoisotopic (exact) mass is 541 g/mol. The molecule has 1 aliphatic carbocycles. The van der Waals surface area contributed by atoms with Gasteiger partial charge in [-0.05, 0) is 65.9 Å². The van der Waals surface area contributed by atoms with Crippen molar-refractivity contribution in [2.75, 3.05) is 11.9 Å². The lowest BCUT2D eigenvalue weighted by Crippen LogP contribution is -2.34. The Bertz CT molecular complexity index is 1130. The van der Waals surface area contributed by atoms with Crippen molar-refractivity contribution in [1.29, 1.82) is 0 Å². The standard InChI is InChI=1S/C25H34F3N5O3S/c1-13-6-5-9-33(13)23(36)19-20(37-22(31-19)21(35)30-14-7-8-15(34)10-14)16-12-29-18(32-24(2,3)4)11-17(16)25(26,27)28/h11-15,23,34,36H,5-10H2,1-4H3,(H,29,32)(H,30,35)/t13-,14-,15-,23?/m0/s1. The van der Waals surface area contributed by atoms with Crippen molar-refractivity contribution < 1.29 is 28.2 Å². The summed E-state index contributed by atoms with van der Waals surface area (Å²) in [6.45, 7) is 7.97. The number of nitrogens with one attached hydrogen (secondary N) is 2. The van der Waals surface area contributed by atoms with Crippen LogP contribution < -0.4 is 10.6 Å². The summed E-state index contributed by atoms with van der Waals surface area (Å²) in [4.78, 5) is 23.4. The Balaban J connectivity index is 1.78. The summed E-state index contributed by atoms with van der Waals surface area (Å²) >= 11 is 0.810. The van der Waals surface area contributed by atoms with Gasteiger partial charge in [-0.15, -0.1) is 11.3 Å². The van der Waals surface area contributed by atoms with Gasteiger partial charge < -0.3 is 20.8 Å². The summed E-state index contributed by atoms with van der Waals surface area (Å²) < 4.78 is 42.8. The summed E-state index contributed by atoms with van der Waals surface area (Å²) in [5.41, 5.74) is -1.65. The Kier molecular flexibility index (Phi) is 7.85. The SMILES string of the molecule is C[C@H]1CCCN1C(O)c1nc(C(=O)N[C@H]2CC[C@H](O)C2)sc1-c1cnc(NC(C)(C)C)cc1C(F)(F)F. The zero-order valence-electron chi connectivity index (χ0n) is 21.4. The summed E-state index contributed by atoms with van der Waals surface area (Å²) in [6.07, 6.45) is -2.07. The average molecular weight is 542 g/mol. The van der Waals surface area contributed by atoms with Gasteiger partial charge in [0, 0.05) is 35.9 Å². The van der Waals surface area contributed by atoms with Gasteiger partial charge in [0.05, 0.1) is 16.5 Å². The molecule has 2 fully saturated rings. The van der Waals surface area contributed by atoms with Crippen molar-refractivity contribution in [3.05, 3.63) is 28.5 Å². The van der Waals surface area contributed by atoms with Crippen LogP contribution in [0.2, 0.25) is 0 Å². The molecule has 3 heterocycles. The Labute approximate surface area is 218 Å². The van der Waals surface area contributed by atoms with Crippen LogP contribution in [0.3, 0.4) is 0 Å². The van der Waals surface area contributed by atoms with Crippen molar-refractivity contribution >= 4 is 23.1 Å². The molecule has 1 unspecified atom stereocenters. The summed E-state index contributed by atoms with van der Waals surface area (Å²) in [5.74, 6) is -0.466. The highest BCUT2D eigenvalue weighted by atomic mass is 32.1. The number of carbonyl (C=O) groups excluding carboxylic acids is 1. The lowest BCUT2D eigenvalue weighted by atomic mass is 10.0. The van der Waals surface area contributed by atoms with Crippen LogP contribution in [0.4, 0.5) is 19.0 Å². The predicted octanol–water partition coefficient (Wildman–Crippen LogP) is 4.55. The van der Waals surface area contributed by atoms with Gasteiger partial charge in [0.25, 0.3) is 5.91 Å². The van der Waals surface area contributed by atoms with E-state index in [0.29, 0.717) is 25.8 Å². The van der Waals surface area contributed by atoms with Crippen LogP contribution in [0.5, 0.6) is 0 Å². The molecule has 1 amide bonds. The van der Waals surface area contributed by atoms with Crippen molar-refractivity contribution in [2.45, 2.75) is 95.9 Å². The van der Waals surface area contributed by atoms with Gasteiger partial charge in [0.2, 0.25) is 0 Å². The first-order chi connectivity index (χ1) is 17.2. The lowest BCUT2D eigenvalue weighted by Gasteiger charge is -2.27. The molecule has 2 aliphatic rings. The molecule has 8 nitrogen and oxygen atoms in total. The van der Waals surface area contributed by atoms with E-state index >= 15 is 0 Å². The minimum atomic E-state index is -4.71. The molecule has 1 aliphatic heterocycles. The number of carbonyl (C=O) groups is 1. The smallest absolute Gasteiger partial charge is 0.393 e. The number of thiazole rings is 1. The zero-order valence-corrected chi connectivity index (χ0v) is 22.2. The van der Waals surface area contributed by atoms with Crippen molar-refractivity contribution in [1.82, 2.24) is 20.2 Å². The molecule has 0 spiro atoms. The molecular formula is C25H34F3N5O3S. The Hall–Kier alpha value is -2.28. The van der Waals surface area contributed by atoms with E-state index in [-0.39, 0.29) is 39.0 Å². The van der Waals surface area contributed by atoms with E-state index < -0.39 is 35.5 Å². The molecule has 1 saturated heterocycles. The third-order valence-electron chi connectivity index (χ3n) is 6.71. The second-order valence-corrected chi connectivity index (χ2v) is 12.0. The maximum Gasteiger partial charge on any atom is 0.417 e. The van der Waals surface area contributed by atoms with Gasteiger partial charge >= 0.3 is 6.18 Å². The van der Waals surface area contributed by atoms with Gasteiger partial charge in [-0.3, -0.25) is 9.69 Å². The number of anilines is 1. The van der Waals surface area contributed by atoms with E-state index in [1.54, 1.807) is 4.90 Å². The number of alkyl halides is 3. The number of aliphatic hydroxyl groups excluding tert-OH is 2. The van der Waals surface area contributed by atoms with Crippen LogP contribution in [0.1, 0.15) is 87.1 Å². The number of aromatic nitrogens is 2. The number of aliphatic hydroxyl groups is 2. The van der Waals surface area contributed by atoms with Crippen molar-refractivity contribution in [3.63, 3.8) is 0 Å². The van der Waals surface area contributed by atoms with Gasteiger partial charge in [-0.25, -0.2) is 9.97 Å². The number of rotatable bonds is 6. The second kappa shape index (κ2) is 10.5. The fourth-order valence-electron chi connectivity index (χ4n) is 4.93. The summed E-state index contributed by atoms with van der Waals surface area (Å²) in [5, 5.41) is 26.8. The van der Waals surface area contributed by atoms with E-state index in [2.05, 4.69) is 20.6 Å². The Morgan fingerprint density at radius 3 is 2.54 bits per heavy atom. The van der Waals surface area contributed by atoms with Crippen molar-refractivity contribution in [3.8, 4) is 10.4 Å². The minimum Gasteiger partial charge on any atom is -0.393 e. The highest BCUT2D eigenvalue weighted by Crippen LogP contribution is 2.44. The molecule has 12 heteroatoms.